The third-order valence-electron chi connectivity index (χ3n) is 7.05. The van der Waals surface area contributed by atoms with Crippen LogP contribution in [-0.2, 0) is 11.2 Å². The van der Waals surface area contributed by atoms with Crippen LogP contribution in [0.2, 0.25) is 0 Å². The highest BCUT2D eigenvalue weighted by molar-refractivity contribution is 5.99. The Kier molecular flexibility index (Phi) is 5.39. The largest absolute Gasteiger partial charge is 0.341 e. The first-order chi connectivity index (χ1) is 15.8. The number of carbonyl (C=O) groups is 2. The van der Waals surface area contributed by atoms with Crippen LogP contribution in [0.3, 0.4) is 0 Å². The molecule has 3 atom stereocenters. The molecular weight excluding hydrogens is 417 g/mol. The van der Waals surface area contributed by atoms with Gasteiger partial charge in [0.05, 0.1) is 29.9 Å². The van der Waals surface area contributed by atoms with Crippen molar-refractivity contribution in [3.05, 3.63) is 88.0 Å². The maximum atomic E-state index is 13.7. The highest BCUT2D eigenvalue weighted by Gasteiger charge is 2.43. The van der Waals surface area contributed by atoms with Gasteiger partial charge in [-0.2, -0.15) is 5.10 Å². The summed E-state index contributed by atoms with van der Waals surface area (Å²) in [5, 5.41) is 7.84. The molecule has 6 heteroatoms. The number of rotatable bonds is 5. The van der Waals surface area contributed by atoms with Gasteiger partial charge in [-0.15, -0.1) is 0 Å². The van der Waals surface area contributed by atoms with Crippen LogP contribution >= 0.6 is 0 Å². The standard InChI is InChI=1S/C27H28FN3O2/c1-15-5-4-6-20(13-15)27(33)29-26-23(32)14-22-24(25(26)19-9-11-21(28)12-10-19)16(2)30-31(22)17(3)18-7-8-18/h4-6,9-13,17-18,25-26H,7-8,14H2,1-3H3,(H,29,33)/t17?,25-,26+/m0/s1. The number of hydrogen-bond donors (Lipinski definition) is 1. The smallest absolute Gasteiger partial charge is 0.251 e. The van der Waals surface area contributed by atoms with E-state index in [0.717, 1.165) is 28.1 Å². The van der Waals surface area contributed by atoms with Crippen LogP contribution in [0.25, 0.3) is 0 Å². The van der Waals surface area contributed by atoms with Crippen molar-refractivity contribution in [1.82, 2.24) is 15.1 Å². The molecule has 3 aromatic rings. The minimum Gasteiger partial charge on any atom is -0.341 e. The number of nitrogens with zero attached hydrogens (tertiary/aromatic N) is 2. The van der Waals surface area contributed by atoms with Crippen LogP contribution in [0.1, 0.15) is 70.2 Å². The molecule has 5 rings (SSSR count). The number of ketones is 1. The Bertz CT molecular complexity index is 1230. The number of fused-ring (bicyclic) bond motifs is 1. The summed E-state index contributed by atoms with van der Waals surface area (Å²) in [5.41, 5.74) is 5.04. The van der Waals surface area contributed by atoms with Gasteiger partial charge in [-0.05, 0) is 69.4 Å². The van der Waals surface area contributed by atoms with Crippen LogP contribution in [0.15, 0.2) is 48.5 Å². The van der Waals surface area contributed by atoms with Crippen LogP contribution in [0, 0.1) is 25.6 Å². The highest BCUT2D eigenvalue weighted by Crippen LogP contribution is 2.43. The molecule has 1 amide bonds. The van der Waals surface area contributed by atoms with Crippen molar-refractivity contribution in [2.45, 2.75) is 58.0 Å². The summed E-state index contributed by atoms with van der Waals surface area (Å²) in [6.45, 7) is 6.04. The molecule has 1 saturated carbocycles. The molecule has 1 unspecified atom stereocenters. The number of nitrogens with one attached hydrogen (secondary N) is 1. The van der Waals surface area contributed by atoms with Gasteiger partial charge in [0.2, 0.25) is 0 Å². The summed E-state index contributed by atoms with van der Waals surface area (Å²) in [7, 11) is 0. The summed E-state index contributed by atoms with van der Waals surface area (Å²) < 4.78 is 15.7. The average Bonchev–Trinajstić information content (AvgIpc) is 3.59. The van der Waals surface area contributed by atoms with Crippen molar-refractivity contribution in [2.75, 3.05) is 0 Å². The fourth-order valence-corrected chi connectivity index (χ4v) is 5.14. The summed E-state index contributed by atoms with van der Waals surface area (Å²) in [5.74, 6) is -0.510. The van der Waals surface area contributed by atoms with E-state index in [2.05, 4.69) is 12.2 Å². The van der Waals surface area contributed by atoms with E-state index in [1.807, 2.05) is 36.7 Å². The summed E-state index contributed by atoms with van der Waals surface area (Å²) in [6.07, 6.45) is 2.59. The number of Topliss-reactive ketones (excluding diaryl/α,β-unsaturated/α-hetero) is 1. The predicted molar refractivity (Wildman–Crippen MR) is 124 cm³/mol. The lowest BCUT2D eigenvalue weighted by atomic mass is 9.76. The summed E-state index contributed by atoms with van der Waals surface area (Å²) in [6, 6.07) is 13.0. The Balaban J connectivity index is 1.58. The molecule has 5 nitrogen and oxygen atoms in total. The zero-order valence-electron chi connectivity index (χ0n) is 19.1. The molecule has 2 aromatic carbocycles. The van der Waals surface area contributed by atoms with E-state index in [1.165, 1.54) is 25.0 Å². The van der Waals surface area contributed by atoms with E-state index in [-0.39, 0.29) is 30.0 Å². The van der Waals surface area contributed by atoms with Crippen LogP contribution < -0.4 is 5.32 Å². The third-order valence-corrected chi connectivity index (χ3v) is 7.05. The fraction of sp³-hybridized carbons (Fsp3) is 0.370. The van der Waals surface area contributed by atoms with E-state index in [0.29, 0.717) is 11.5 Å². The second kappa shape index (κ2) is 8.25. The van der Waals surface area contributed by atoms with Gasteiger partial charge < -0.3 is 5.32 Å². The Morgan fingerprint density at radius 3 is 2.55 bits per heavy atom. The topological polar surface area (TPSA) is 64.0 Å². The van der Waals surface area contributed by atoms with Crippen molar-refractivity contribution in [3.8, 4) is 0 Å². The molecule has 1 heterocycles. The molecule has 2 aliphatic carbocycles. The molecule has 2 aliphatic rings. The number of benzene rings is 2. The van der Waals surface area contributed by atoms with Gasteiger partial charge in [0, 0.05) is 17.0 Å². The molecule has 0 aliphatic heterocycles. The van der Waals surface area contributed by atoms with Gasteiger partial charge in [-0.1, -0.05) is 29.8 Å². The first kappa shape index (κ1) is 21.6. The molecule has 0 saturated heterocycles. The second-order valence-electron chi connectivity index (χ2n) is 9.46. The van der Waals surface area contributed by atoms with E-state index in [9.17, 15) is 14.0 Å². The number of halogens is 1. The number of aryl methyl sites for hydroxylation is 2. The highest BCUT2D eigenvalue weighted by atomic mass is 19.1. The maximum Gasteiger partial charge on any atom is 0.251 e. The zero-order chi connectivity index (χ0) is 23.3. The molecular formula is C27H28FN3O2. The second-order valence-corrected chi connectivity index (χ2v) is 9.46. The first-order valence-electron chi connectivity index (χ1n) is 11.6. The summed E-state index contributed by atoms with van der Waals surface area (Å²) >= 11 is 0. The SMILES string of the molecule is Cc1cccc(C(=O)N[C@@H]2C(=O)Cc3c(c(C)nn3C(C)C3CC3)[C@@H]2c2ccc(F)cc2)c1. The Hall–Kier alpha value is -3.28. The van der Waals surface area contributed by atoms with Gasteiger partial charge in [0.25, 0.3) is 5.91 Å². The lowest BCUT2D eigenvalue weighted by Gasteiger charge is -2.33. The molecule has 170 valence electrons. The fourth-order valence-electron chi connectivity index (χ4n) is 5.14. The molecule has 1 N–H and O–H groups in total. The Morgan fingerprint density at radius 1 is 1.15 bits per heavy atom. The van der Waals surface area contributed by atoms with Gasteiger partial charge in [-0.3, -0.25) is 14.3 Å². The number of carbonyl (C=O) groups excluding carboxylic acids is 2. The predicted octanol–water partition coefficient (Wildman–Crippen LogP) is 4.67. The van der Waals surface area contributed by atoms with E-state index < -0.39 is 12.0 Å². The van der Waals surface area contributed by atoms with Gasteiger partial charge in [0.15, 0.2) is 5.78 Å². The van der Waals surface area contributed by atoms with Crippen LogP contribution in [0.4, 0.5) is 4.39 Å². The molecule has 1 aromatic heterocycles. The number of aromatic nitrogens is 2. The van der Waals surface area contributed by atoms with Gasteiger partial charge in [0.1, 0.15) is 5.82 Å². The van der Waals surface area contributed by atoms with Crippen LogP contribution in [0.5, 0.6) is 0 Å². The van der Waals surface area contributed by atoms with Gasteiger partial charge in [-0.25, -0.2) is 4.39 Å². The van der Waals surface area contributed by atoms with Crippen molar-refractivity contribution in [1.29, 1.82) is 0 Å². The minimum atomic E-state index is -0.747. The lowest BCUT2D eigenvalue weighted by Crippen LogP contribution is -2.49. The van der Waals surface area contributed by atoms with E-state index >= 15 is 0 Å². The zero-order valence-corrected chi connectivity index (χ0v) is 19.1. The van der Waals surface area contributed by atoms with E-state index in [4.69, 9.17) is 5.10 Å². The number of amides is 1. The quantitative estimate of drug-likeness (QED) is 0.621. The summed E-state index contributed by atoms with van der Waals surface area (Å²) in [4.78, 5) is 26.6. The number of hydrogen-bond acceptors (Lipinski definition) is 3. The normalized spacial score (nSPS) is 20.9. The maximum absolute atomic E-state index is 13.7. The molecule has 0 radical (unpaired) electrons. The monoisotopic (exact) mass is 445 g/mol. The van der Waals surface area contributed by atoms with Crippen molar-refractivity contribution < 1.29 is 14.0 Å². The van der Waals surface area contributed by atoms with Crippen molar-refractivity contribution in [2.24, 2.45) is 5.92 Å². The minimum absolute atomic E-state index is 0.0537. The van der Waals surface area contributed by atoms with E-state index in [1.54, 1.807) is 18.2 Å². The molecule has 1 fully saturated rings. The Morgan fingerprint density at radius 2 is 1.88 bits per heavy atom. The average molecular weight is 446 g/mol. The molecule has 0 spiro atoms. The Labute approximate surface area is 193 Å². The van der Waals surface area contributed by atoms with Crippen LogP contribution in [-0.4, -0.2) is 27.5 Å². The molecule has 33 heavy (non-hydrogen) atoms. The van der Waals surface area contributed by atoms with Crippen molar-refractivity contribution in [3.63, 3.8) is 0 Å². The van der Waals surface area contributed by atoms with Crippen molar-refractivity contribution >= 4 is 11.7 Å². The first-order valence-corrected chi connectivity index (χ1v) is 11.6. The van der Waals surface area contributed by atoms with Gasteiger partial charge >= 0.3 is 0 Å². The third kappa shape index (κ3) is 3.99. The lowest BCUT2D eigenvalue weighted by molar-refractivity contribution is -0.121. The molecule has 0 bridgehead atoms.